The van der Waals surface area contributed by atoms with E-state index in [1.165, 1.54) is 0 Å². The van der Waals surface area contributed by atoms with Crippen molar-refractivity contribution in [3.8, 4) is 5.75 Å². The first-order chi connectivity index (χ1) is 11.1. The Morgan fingerprint density at radius 2 is 1.83 bits per heavy atom. The van der Waals surface area contributed by atoms with Gasteiger partial charge in [-0.05, 0) is 54.8 Å². The Morgan fingerprint density at radius 1 is 1.13 bits per heavy atom. The predicted molar refractivity (Wildman–Crippen MR) is 92.7 cm³/mol. The SMILES string of the molecule is CC/C(=N/NC(=O)CNc1ccccc1C)c1ccc(O)cc1. The Kier molecular flexibility index (Phi) is 5.74. The molecule has 1 amide bonds. The monoisotopic (exact) mass is 311 g/mol. The maximum atomic E-state index is 11.9. The molecule has 5 nitrogen and oxygen atoms in total. The van der Waals surface area contributed by atoms with Gasteiger partial charge in [0.15, 0.2) is 0 Å². The molecule has 0 aliphatic rings. The highest BCUT2D eigenvalue weighted by atomic mass is 16.3. The number of nitrogens with one attached hydrogen (secondary N) is 2. The van der Waals surface area contributed by atoms with E-state index in [0.29, 0.717) is 6.42 Å². The molecule has 5 heteroatoms. The normalized spacial score (nSPS) is 11.1. The maximum Gasteiger partial charge on any atom is 0.259 e. The van der Waals surface area contributed by atoms with Gasteiger partial charge in [-0.3, -0.25) is 4.79 Å². The number of phenols is 1. The molecule has 0 saturated heterocycles. The second kappa shape index (κ2) is 7.98. The molecule has 2 aromatic carbocycles. The number of hydrazone groups is 1. The summed E-state index contributed by atoms with van der Waals surface area (Å²) in [6.45, 7) is 4.10. The highest BCUT2D eigenvalue weighted by Crippen LogP contribution is 2.13. The largest absolute Gasteiger partial charge is 0.508 e. The first-order valence-electron chi connectivity index (χ1n) is 7.54. The lowest BCUT2D eigenvalue weighted by atomic mass is 10.1. The van der Waals surface area contributed by atoms with Crippen LogP contribution in [0.3, 0.4) is 0 Å². The standard InChI is InChI=1S/C18H21N3O2/c1-3-16(14-8-10-15(22)11-9-14)20-21-18(23)12-19-17-7-5-4-6-13(17)2/h4-11,19,22H,3,12H2,1-2H3,(H,21,23)/b20-16-. The van der Waals surface area contributed by atoms with Crippen molar-refractivity contribution in [1.82, 2.24) is 5.43 Å². The van der Waals surface area contributed by atoms with Crippen LogP contribution in [0, 0.1) is 6.92 Å². The highest BCUT2D eigenvalue weighted by Gasteiger charge is 2.04. The van der Waals surface area contributed by atoms with Gasteiger partial charge in [0.05, 0.1) is 12.3 Å². The molecule has 0 aliphatic heterocycles. The van der Waals surface area contributed by atoms with Crippen LogP contribution in [0.5, 0.6) is 5.75 Å². The van der Waals surface area contributed by atoms with E-state index < -0.39 is 0 Å². The van der Waals surface area contributed by atoms with E-state index in [1.54, 1.807) is 24.3 Å². The van der Waals surface area contributed by atoms with Crippen molar-refractivity contribution < 1.29 is 9.90 Å². The van der Waals surface area contributed by atoms with Gasteiger partial charge in [0.1, 0.15) is 5.75 Å². The van der Waals surface area contributed by atoms with Crippen LogP contribution in [-0.2, 0) is 4.79 Å². The Morgan fingerprint density at radius 3 is 2.48 bits per heavy atom. The van der Waals surface area contributed by atoms with E-state index in [-0.39, 0.29) is 18.2 Å². The number of phenolic OH excluding ortho intramolecular Hbond substituents is 1. The lowest BCUT2D eigenvalue weighted by Crippen LogP contribution is -2.27. The number of rotatable bonds is 6. The van der Waals surface area contributed by atoms with E-state index in [9.17, 15) is 9.90 Å². The van der Waals surface area contributed by atoms with Gasteiger partial charge < -0.3 is 10.4 Å². The minimum absolute atomic E-state index is 0.154. The molecular formula is C18H21N3O2. The van der Waals surface area contributed by atoms with Crippen LogP contribution in [0.2, 0.25) is 0 Å². The Hall–Kier alpha value is -2.82. The summed E-state index contributed by atoms with van der Waals surface area (Å²) >= 11 is 0. The highest BCUT2D eigenvalue weighted by molar-refractivity contribution is 6.01. The molecule has 0 saturated carbocycles. The number of benzene rings is 2. The lowest BCUT2D eigenvalue weighted by molar-refractivity contribution is -0.119. The molecule has 0 unspecified atom stereocenters. The van der Waals surface area contributed by atoms with E-state index in [4.69, 9.17) is 0 Å². The van der Waals surface area contributed by atoms with Gasteiger partial charge >= 0.3 is 0 Å². The van der Waals surface area contributed by atoms with Gasteiger partial charge in [0, 0.05) is 5.69 Å². The van der Waals surface area contributed by atoms with E-state index >= 15 is 0 Å². The first-order valence-corrected chi connectivity index (χ1v) is 7.54. The summed E-state index contributed by atoms with van der Waals surface area (Å²) < 4.78 is 0. The second-order valence-electron chi connectivity index (χ2n) is 5.16. The molecule has 0 atom stereocenters. The molecule has 0 aromatic heterocycles. The van der Waals surface area contributed by atoms with Gasteiger partial charge in [-0.25, -0.2) is 5.43 Å². The van der Waals surface area contributed by atoms with Gasteiger partial charge in [0.2, 0.25) is 0 Å². The van der Waals surface area contributed by atoms with Crippen molar-refractivity contribution in [2.24, 2.45) is 5.10 Å². The van der Waals surface area contributed by atoms with Crippen LogP contribution < -0.4 is 10.7 Å². The van der Waals surface area contributed by atoms with Crippen LogP contribution in [0.25, 0.3) is 0 Å². The summed E-state index contributed by atoms with van der Waals surface area (Å²) in [6, 6.07) is 14.5. The van der Waals surface area contributed by atoms with Crippen LogP contribution in [0.1, 0.15) is 24.5 Å². The van der Waals surface area contributed by atoms with Crippen LogP contribution >= 0.6 is 0 Å². The molecule has 0 bridgehead atoms. The quantitative estimate of drug-likeness (QED) is 0.567. The summed E-state index contributed by atoms with van der Waals surface area (Å²) in [6.07, 6.45) is 0.677. The zero-order valence-electron chi connectivity index (χ0n) is 13.3. The molecule has 0 spiro atoms. The average molecular weight is 311 g/mol. The zero-order valence-corrected chi connectivity index (χ0v) is 13.3. The topological polar surface area (TPSA) is 73.7 Å². The number of carbonyl (C=O) groups is 1. The van der Waals surface area contributed by atoms with Crippen molar-refractivity contribution in [2.75, 3.05) is 11.9 Å². The number of aryl methyl sites for hydroxylation is 1. The number of para-hydroxylation sites is 1. The Bertz CT molecular complexity index is 694. The summed E-state index contributed by atoms with van der Waals surface area (Å²) in [5, 5.41) is 16.6. The third-order valence-electron chi connectivity index (χ3n) is 3.44. The Labute approximate surface area is 136 Å². The van der Waals surface area contributed by atoms with Crippen molar-refractivity contribution >= 4 is 17.3 Å². The van der Waals surface area contributed by atoms with Crippen molar-refractivity contribution in [2.45, 2.75) is 20.3 Å². The molecule has 0 fully saturated rings. The number of anilines is 1. The smallest absolute Gasteiger partial charge is 0.259 e. The summed E-state index contributed by atoms with van der Waals surface area (Å²) in [5.41, 5.74) is 6.21. The first kappa shape index (κ1) is 16.5. The third-order valence-corrected chi connectivity index (χ3v) is 3.44. The molecule has 0 heterocycles. The van der Waals surface area contributed by atoms with E-state index in [2.05, 4.69) is 15.8 Å². The number of amides is 1. The van der Waals surface area contributed by atoms with E-state index in [1.807, 2.05) is 38.1 Å². The fourth-order valence-electron chi connectivity index (χ4n) is 2.12. The van der Waals surface area contributed by atoms with Crippen molar-refractivity contribution in [3.05, 3.63) is 59.7 Å². The van der Waals surface area contributed by atoms with Crippen LogP contribution in [0.4, 0.5) is 5.69 Å². The minimum atomic E-state index is -0.210. The molecule has 3 N–H and O–H groups in total. The number of nitrogens with zero attached hydrogens (tertiary/aromatic N) is 1. The molecule has 2 rings (SSSR count). The van der Waals surface area contributed by atoms with Gasteiger partial charge in [-0.2, -0.15) is 5.10 Å². The van der Waals surface area contributed by atoms with Crippen LogP contribution in [0.15, 0.2) is 53.6 Å². The number of hydrogen-bond acceptors (Lipinski definition) is 4. The molecule has 120 valence electrons. The average Bonchev–Trinajstić information content (AvgIpc) is 2.56. The zero-order chi connectivity index (χ0) is 16.7. The third kappa shape index (κ3) is 4.85. The molecule has 23 heavy (non-hydrogen) atoms. The van der Waals surface area contributed by atoms with Crippen molar-refractivity contribution in [1.29, 1.82) is 0 Å². The fourth-order valence-corrected chi connectivity index (χ4v) is 2.12. The molecular weight excluding hydrogens is 290 g/mol. The number of carbonyl (C=O) groups excluding carboxylic acids is 1. The minimum Gasteiger partial charge on any atom is -0.508 e. The van der Waals surface area contributed by atoms with Crippen LogP contribution in [-0.4, -0.2) is 23.3 Å². The molecule has 2 aromatic rings. The van der Waals surface area contributed by atoms with Gasteiger partial charge in [-0.1, -0.05) is 25.1 Å². The van der Waals surface area contributed by atoms with Gasteiger partial charge in [0.25, 0.3) is 5.91 Å². The lowest BCUT2D eigenvalue weighted by Gasteiger charge is -2.09. The molecule has 0 radical (unpaired) electrons. The molecule has 0 aliphatic carbocycles. The fraction of sp³-hybridized carbons (Fsp3) is 0.222. The summed E-state index contributed by atoms with van der Waals surface area (Å²) in [5.74, 6) is -0.00588. The number of aromatic hydroxyl groups is 1. The summed E-state index contributed by atoms with van der Waals surface area (Å²) in [4.78, 5) is 11.9. The Balaban J connectivity index is 1.93. The summed E-state index contributed by atoms with van der Waals surface area (Å²) in [7, 11) is 0. The van der Waals surface area contributed by atoms with Crippen molar-refractivity contribution in [3.63, 3.8) is 0 Å². The second-order valence-corrected chi connectivity index (χ2v) is 5.16. The van der Waals surface area contributed by atoms with E-state index in [0.717, 1.165) is 22.5 Å². The van der Waals surface area contributed by atoms with Gasteiger partial charge in [-0.15, -0.1) is 0 Å². The maximum absolute atomic E-state index is 11.9. The predicted octanol–water partition coefficient (Wildman–Crippen LogP) is 3.04. The number of hydrogen-bond donors (Lipinski definition) is 3.